The van der Waals surface area contributed by atoms with Gasteiger partial charge >= 0.3 is 0 Å². The minimum Gasteiger partial charge on any atom is -0.454 e. The van der Waals surface area contributed by atoms with Crippen LogP contribution in [0.1, 0.15) is 5.56 Å². The Balaban J connectivity index is 1.39. The minimum atomic E-state index is -0.368. The van der Waals surface area contributed by atoms with Crippen molar-refractivity contribution in [2.75, 3.05) is 6.79 Å². The number of hydrogen-bond donors (Lipinski definition) is 1. The number of ether oxygens (including phenoxy) is 2. The van der Waals surface area contributed by atoms with Gasteiger partial charge in [0.05, 0.1) is 12.0 Å². The van der Waals surface area contributed by atoms with Crippen molar-refractivity contribution in [1.82, 2.24) is 14.9 Å². The maximum absolute atomic E-state index is 13.0. The Bertz CT molecular complexity index is 1080. The number of benzene rings is 2. The molecule has 142 valence electrons. The monoisotopic (exact) mass is 381 g/mol. The third-order valence-electron chi connectivity index (χ3n) is 4.26. The van der Waals surface area contributed by atoms with Gasteiger partial charge in [-0.05, 0) is 42.0 Å². The SMILES string of the molecule is O=C(Cn1cnc(-c2ccc(F)cc2)cc1=O)NCc1ccc2c(c1)OCO2. The number of fused-ring (bicyclic) bond motifs is 1. The number of halogens is 1. The van der Waals surface area contributed by atoms with Gasteiger partial charge in [-0.25, -0.2) is 9.37 Å². The molecule has 28 heavy (non-hydrogen) atoms. The van der Waals surface area contributed by atoms with E-state index in [-0.39, 0.29) is 30.6 Å². The molecule has 0 spiro atoms. The van der Waals surface area contributed by atoms with Gasteiger partial charge in [-0.15, -0.1) is 0 Å². The highest BCUT2D eigenvalue weighted by Crippen LogP contribution is 2.32. The first-order chi connectivity index (χ1) is 13.6. The van der Waals surface area contributed by atoms with Crippen molar-refractivity contribution in [2.24, 2.45) is 0 Å². The second-order valence-corrected chi connectivity index (χ2v) is 6.21. The van der Waals surface area contributed by atoms with Gasteiger partial charge in [0.15, 0.2) is 11.5 Å². The highest BCUT2D eigenvalue weighted by atomic mass is 19.1. The summed E-state index contributed by atoms with van der Waals surface area (Å²) in [6.07, 6.45) is 1.31. The fourth-order valence-electron chi connectivity index (χ4n) is 2.79. The fourth-order valence-corrected chi connectivity index (χ4v) is 2.79. The molecule has 0 radical (unpaired) electrons. The summed E-state index contributed by atoms with van der Waals surface area (Å²) in [4.78, 5) is 28.6. The lowest BCUT2D eigenvalue weighted by Crippen LogP contribution is -2.31. The lowest BCUT2D eigenvalue weighted by atomic mass is 10.1. The van der Waals surface area contributed by atoms with E-state index in [0.717, 1.165) is 5.56 Å². The molecule has 0 aliphatic carbocycles. The van der Waals surface area contributed by atoms with E-state index in [2.05, 4.69) is 10.3 Å². The molecule has 3 aromatic rings. The summed E-state index contributed by atoms with van der Waals surface area (Å²) < 4.78 is 24.8. The van der Waals surface area contributed by atoms with Crippen LogP contribution in [0.5, 0.6) is 11.5 Å². The Morgan fingerprint density at radius 2 is 1.89 bits per heavy atom. The van der Waals surface area contributed by atoms with E-state index >= 15 is 0 Å². The summed E-state index contributed by atoms with van der Waals surface area (Å²) in [6.45, 7) is 0.334. The van der Waals surface area contributed by atoms with Gasteiger partial charge in [0.1, 0.15) is 12.4 Å². The zero-order valence-corrected chi connectivity index (χ0v) is 14.7. The third-order valence-corrected chi connectivity index (χ3v) is 4.26. The van der Waals surface area contributed by atoms with E-state index in [9.17, 15) is 14.0 Å². The topological polar surface area (TPSA) is 82.5 Å². The molecule has 1 N–H and O–H groups in total. The maximum Gasteiger partial charge on any atom is 0.254 e. The van der Waals surface area contributed by atoms with Crippen LogP contribution in [-0.2, 0) is 17.9 Å². The maximum atomic E-state index is 13.0. The van der Waals surface area contributed by atoms with Crippen LogP contribution in [0.3, 0.4) is 0 Å². The van der Waals surface area contributed by atoms with E-state index in [0.29, 0.717) is 29.3 Å². The zero-order valence-electron chi connectivity index (χ0n) is 14.7. The number of nitrogens with zero attached hydrogens (tertiary/aromatic N) is 2. The minimum absolute atomic E-state index is 0.153. The zero-order chi connectivity index (χ0) is 19.5. The van der Waals surface area contributed by atoms with E-state index < -0.39 is 0 Å². The molecular weight excluding hydrogens is 365 g/mol. The van der Waals surface area contributed by atoms with Gasteiger partial charge in [0.2, 0.25) is 12.7 Å². The van der Waals surface area contributed by atoms with Gasteiger partial charge in [0, 0.05) is 18.2 Å². The molecule has 0 atom stereocenters. The number of carbonyl (C=O) groups excluding carboxylic acids is 1. The van der Waals surface area contributed by atoms with Gasteiger partial charge in [0.25, 0.3) is 5.56 Å². The Labute approximate surface area is 159 Å². The van der Waals surface area contributed by atoms with Crippen molar-refractivity contribution in [3.05, 3.63) is 76.6 Å². The molecule has 1 aliphatic rings. The molecule has 1 amide bonds. The van der Waals surface area contributed by atoms with Crippen LogP contribution >= 0.6 is 0 Å². The highest BCUT2D eigenvalue weighted by molar-refractivity contribution is 5.75. The van der Waals surface area contributed by atoms with Gasteiger partial charge in [-0.3, -0.25) is 14.2 Å². The summed E-state index contributed by atoms with van der Waals surface area (Å²) in [5, 5.41) is 2.75. The second kappa shape index (κ2) is 7.51. The fraction of sp³-hybridized carbons (Fsp3) is 0.150. The number of carbonyl (C=O) groups is 1. The average molecular weight is 381 g/mol. The molecule has 4 rings (SSSR count). The van der Waals surface area contributed by atoms with Crippen molar-refractivity contribution < 1.29 is 18.7 Å². The van der Waals surface area contributed by atoms with Crippen LogP contribution in [0.4, 0.5) is 4.39 Å². The molecule has 1 aromatic heterocycles. The summed E-state index contributed by atoms with van der Waals surface area (Å²) >= 11 is 0. The quantitative estimate of drug-likeness (QED) is 0.732. The first-order valence-electron chi connectivity index (χ1n) is 8.56. The Morgan fingerprint density at radius 3 is 2.68 bits per heavy atom. The predicted octanol–water partition coefficient (Wildman–Crippen LogP) is 2.09. The van der Waals surface area contributed by atoms with Crippen LogP contribution in [0.2, 0.25) is 0 Å². The number of amides is 1. The van der Waals surface area contributed by atoms with Crippen LogP contribution < -0.4 is 20.3 Å². The molecule has 2 aromatic carbocycles. The van der Waals surface area contributed by atoms with Crippen LogP contribution in [0, 0.1) is 5.82 Å². The van der Waals surface area contributed by atoms with Crippen molar-refractivity contribution in [2.45, 2.75) is 13.1 Å². The molecule has 7 nitrogen and oxygen atoms in total. The van der Waals surface area contributed by atoms with Crippen molar-refractivity contribution in [3.63, 3.8) is 0 Å². The van der Waals surface area contributed by atoms with Crippen molar-refractivity contribution in [3.8, 4) is 22.8 Å². The van der Waals surface area contributed by atoms with Crippen molar-refractivity contribution in [1.29, 1.82) is 0 Å². The normalized spacial score (nSPS) is 12.0. The molecule has 0 saturated heterocycles. The van der Waals surface area contributed by atoms with Gasteiger partial charge in [-0.2, -0.15) is 0 Å². The Kier molecular flexibility index (Phi) is 4.76. The van der Waals surface area contributed by atoms with Crippen molar-refractivity contribution >= 4 is 5.91 Å². The molecule has 0 unspecified atom stereocenters. The molecule has 0 saturated carbocycles. The summed E-state index contributed by atoms with van der Waals surface area (Å²) in [6, 6.07) is 12.4. The molecule has 0 bridgehead atoms. The number of aromatic nitrogens is 2. The number of rotatable bonds is 5. The van der Waals surface area contributed by atoms with E-state index in [1.807, 2.05) is 6.07 Å². The predicted molar refractivity (Wildman–Crippen MR) is 98.3 cm³/mol. The molecule has 0 fully saturated rings. The van der Waals surface area contributed by atoms with E-state index in [1.165, 1.54) is 29.1 Å². The average Bonchev–Trinajstić information content (AvgIpc) is 3.16. The van der Waals surface area contributed by atoms with E-state index in [1.54, 1.807) is 24.3 Å². The van der Waals surface area contributed by atoms with Crippen LogP contribution in [0.15, 0.2) is 59.7 Å². The molecule has 1 aliphatic heterocycles. The largest absolute Gasteiger partial charge is 0.454 e. The van der Waals surface area contributed by atoms with Gasteiger partial charge in [-0.1, -0.05) is 6.07 Å². The van der Waals surface area contributed by atoms with Crippen LogP contribution in [0.25, 0.3) is 11.3 Å². The number of nitrogens with one attached hydrogen (secondary N) is 1. The summed E-state index contributed by atoms with van der Waals surface area (Å²) in [5.41, 5.74) is 1.53. The third kappa shape index (κ3) is 3.85. The molecular formula is C20H16FN3O4. The van der Waals surface area contributed by atoms with Gasteiger partial charge < -0.3 is 14.8 Å². The smallest absolute Gasteiger partial charge is 0.254 e. The summed E-state index contributed by atoms with van der Waals surface area (Å²) in [7, 11) is 0. The second-order valence-electron chi connectivity index (χ2n) is 6.21. The molecule has 2 heterocycles. The highest BCUT2D eigenvalue weighted by Gasteiger charge is 2.13. The Hall–Kier alpha value is -3.68. The first-order valence-corrected chi connectivity index (χ1v) is 8.56. The standard InChI is InChI=1S/C20H16FN3O4/c21-15-4-2-14(3-5-15)16-8-20(26)24(11-23-16)10-19(25)22-9-13-1-6-17-18(7-13)28-12-27-17/h1-8,11H,9-10,12H2,(H,22,25). The molecule has 8 heteroatoms. The van der Waals surface area contributed by atoms with E-state index in [4.69, 9.17) is 9.47 Å². The lowest BCUT2D eigenvalue weighted by molar-refractivity contribution is -0.121. The number of hydrogen-bond acceptors (Lipinski definition) is 5. The lowest BCUT2D eigenvalue weighted by Gasteiger charge is -2.08. The summed E-state index contributed by atoms with van der Waals surface area (Å²) in [5.74, 6) is 0.629. The van der Waals surface area contributed by atoms with Crippen LogP contribution in [-0.4, -0.2) is 22.3 Å². The first kappa shape index (κ1) is 17.7. The Morgan fingerprint density at radius 1 is 1.11 bits per heavy atom.